The third-order valence-electron chi connectivity index (χ3n) is 2.35. The number of methoxy groups -OCH3 is 1. The van der Waals surface area contributed by atoms with Gasteiger partial charge < -0.3 is 19.9 Å². The van der Waals surface area contributed by atoms with Crippen molar-refractivity contribution in [1.29, 1.82) is 0 Å². The summed E-state index contributed by atoms with van der Waals surface area (Å²) >= 11 is 0. The summed E-state index contributed by atoms with van der Waals surface area (Å²) in [6.45, 7) is 3.73. The number of rotatable bonds is 7. The van der Waals surface area contributed by atoms with E-state index >= 15 is 0 Å². The number of hydrogen-bond acceptors (Lipinski definition) is 7. The Morgan fingerprint density at radius 3 is 2.68 bits per heavy atom. The van der Waals surface area contributed by atoms with Gasteiger partial charge in [-0.3, -0.25) is 0 Å². The first-order valence-electron chi connectivity index (χ1n) is 6.05. The highest BCUT2D eigenvalue weighted by molar-refractivity contribution is 5.47. The van der Waals surface area contributed by atoms with Gasteiger partial charge in [0.1, 0.15) is 30.2 Å². The molecule has 0 atom stereocenters. The van der Waals surface area contributed by atoms with Crippen LogP contribution < -0.4 is 10.6 Å². The molecule has 0 aromatic carbocycles. The zero-order valence-corrected chi connectivity index (χ0v) is 11.0. The maximum atomic E-state index is 5.06. The summed E-state index contributed by atoms with van der Waals surface area (Å²) in [4.78, 5) is 8.70. The summed E-state index contributed by atoms with van der Waals surface area (Å²) in [7, 11) is 1.62. The predicted octanol–water partition coefficient (Wildman–Crippen LogP) is 1.65. The van der Waals surface area contributed by atoms with Crippen molar-refractivity contribution < 1.29 is 9.26 Å². The van der Waals surface area contributed by atoms with Gasteiger partial charge in [0.25, 0.3) is 0 Å². The number of anilines is 2. The Labute approximate surface area is 111 Å². The van der Waals surface area contributed by atoms with Gasteiger partial charge in [-0.15, -0.1) is 0 Å². The van der Waals surface area contributed by atoms with Crippen LogP contribution in [-0.4, -0.2) is 28.8 Å². The molecule has 0 saturated heterocycles. The fourth-order valence-corrected chi connectivity index (χ4v) is 1.56. The van der Waals surface area contributed by atoms with Crippen molar-refractivity contribution in [3.8, 4) is 0 Å². The van der Waals surface area contributed by atoms with Crippen LogP contribution in [0, 0.1) is 0 Å². The lowest BCUT2D eigenvalue weighted by Crippen LogP contribution is -2.08. The Morgan fingerprint density at radius 2 is 2.05 bits per heavy atom. The highest BCUT2D eigenvalue weighted by Crippen LogP contribution is 2.12. The highest BCUT2D eigenvalue weighted by atomic mass is 16.5. The molecule has 2 aromatic rings. The quantitative estimate of drug-likeness (QED) is 0.785. The summed E-state index contributed by atoms with van der Waals surface area (Å²) in [6.07, 6.45) is 1.54. The van der Waals surface area contributed by atoms with Crippen molar-refractivity contribution in [2.24, 2.45) is 0 Å². The van der Waals surface area contributed by atoms with Crippen molar-refractivity contribution in [2.45, 2.75) is 20.1 Å². The molecule has 0 bridgehead atoms. The van der Waals surface area contributed by atoms with Gasteiger partial charge in [0.15, 0.2) is 5.82 Å². The van der Waals surface area contributed by atoms with E-state index < -0.39 is 0 Å². The largest absolute Gasteiger partial charge is 0.377 e. The van der Waals surface area contributed by atoms with Crippen molar-refractivity contribution in [3.05, 3.63) is 29.9 Å². The van der Waals surface area contributed by atoms with Crippen LogP contribution in [0.5, 0.6) is 0 Å². The van der Waals surface area contributed by atoms with E-state index in [9.17, 15) is 0 Å². The van der Waals surface area contributed by atoms with Crippen LogP contribution in [0.1, 0.15) is 18.4 Å². The van der Waals surface area contributed by atoms with E-state index in [0.717, 1.165) is 23.9 Å². The predicted molar refractivity (Wildman–Crippen MR) is 70.7 cm³/mol. The Kier molecular flexibility index (Phi) is 4.68. The lowest BCUT2D eigenvalue weighted by atomic mass is 10.4. The molecular weight excluding hydrogens is 246 g/mol. The minimum atomic E-state index is 0.373. The van der Waals surface area contributed by atoms with E-state index in [1.807, 2.05) is 13.0 Å². The first kappa shape index (κ1) is 13.3. The zero-order chi connectivity index (χ0) is 13.5. The minimum absolute atomic E-state index is 0.373. The van der Waals surface area contributed by atoms with E-state index in [2.05, 4.69) is 25.8 Å². The number of nitrogens with zero attached hydrogens (tertiary/aromatic N) is 3. The second-order valence-electron chi connectivity index (χ2n) is 3.86. The van der Waals surface area contributed by atoms with Crippen molar-refractivity contribution in [3.63, 3.8) is 0 Å². The second-order valence-corrected chi connectivity index (χ2v) is 3.86. The molecule has 2 heterocycles. The summed E-state index contributed by atoms with van der Waals surface area (Å²) < 4.78 is 9.83. The molecule has 2 aromatic heterocycles. The van der Waals surface area contributed by atoms with Crippen LogP contribution in [-0.2, 0) is 17.9 Å². The molecule has 0 amide bonds. The van der Waals surface area contributed by atoms with Gasteiger partial charge in [-0.05, 0) is 6.92 Å². The van der Waals surface area contributed by atoms with Crippen LogP contribution in [0.4, 0.5) is 11.6 Å². The Hall–Kier alpha value is -2.15. The van der Waals surface area contributed by atoms with Gasteiger partial charge in [0.05, 0.1) is 6.54 Å². The molecular formula is C12H17N5O2. The van der Waals surface area contributed by atoms with Gasteiger partial charge in [-0.25, -0.2) is 9.97 Å². The maximum Gasteiger partial charge on any atom is 0.158 e. The molecule has 0 radical (unpaired) electrons. The first-order valence-corrected chi connectivity index (χ1v) is 6.05. The molecule has 0 aliphatic rings. The van der Waals surface area contributed by atoms with E-state index in [-0.39, 0.29) is 0 Å². The van der Waals surface area contributed by atoms with Crippen LogP contribution in [0.2, 0.25) is 0 Å². The topological polar surface area (TPSA) is 85.1 Å². The molecule has 0 unspecified atom stereocenters. The molecule has 0 aliphatic heterocycles. The Morgan fingerprint density at radius 1 is 1.26 bits per heavy atom. The maximum absolute atomic E-state index is 5.06. The fourth-order valence-electron chi connectivity index (χ4n) is 1.56. The first-order chi connectivity index (χ1) is 9.31. The fraction of sp³-hybridized carbons (Fsp3) is 0.417. The van der Waals surface area contributed by atoms with Crippen LogP contribution in [0.3, 0.4) is 0 Å². The molecule has 0 aliphatic carbocycles. The van der Waals surface area contributed by atoms with Crippen molar-refractivity contribution in [1.82, 2.24) is 15.1 Å². The molecule has 0 spiro atoms. The molecule has 7 nitrogen and oxygen atoms in total. The molecule has 7 heteroatoms. The normalized spacial score (nSPS) is 10.4. The summed E-state index contributed by atoms with van der Waals surface area (Å²) in [6, 6.07) is 3.65. The van der Waals surface area contributed by atoms with E-state index in [4.69, 9.17) is 9.26 Å². The zero-order valence-electron chi connectivity index (χ0n) is 11.0. The van der Waals surface area contributed by atoms with E-state index in [1.54, 1.807) is 13.2 Å². The number of nitrogens with one attached hydrogen (secondary N) is 2. The lowest BCUT2D eigenvalue weighted by Gasteiger charge is -2.09. The summed E-state index contributed by atoms with van der Waals surface area (Å²) in [5.41, 5.74) is 0.817. The highest BCUT2D eigenvalue weighted by Gasteiger charge is 2.05. The van der Waals surface area contributed by atoms with Crippen molar-refractivity contribution in [2.75, 3.05) is 24.3 Å². The van der Waals surface area contributed by atoms with Gasteiger partial charge in [0.2, 0.25) is 0 Å². The SMILES string of the molecule is CCNc1cc(NCc2ccon2)nc(COC)n1. The third kappa shape index (κ3) is 3.92. The lowest BCUT2D eigenvalue weighted by molar-refractivity contribution is 0.178. The second kappa shape index (κ2) is 6.69. The van der Waals surface area contributed by atoms with E-state index in [1.165, 1.54) is 6.26 Å². The standard InChI is InChI=1S/C12H17N5O2/c1-3-13-10-6-11(16-12(15-10)8-18-2)14-7-9-4-5-19-17-9/h4-6H,3,7-8H2,1-2H3,(H2,13,14,15,16). The van der Waals surface area contributed by atoms with Crippen molar-refractivity contribution >= 4 is 11.6 Å². The third-order valence-corrected chi connectivity index (χ3v) is 2.35. The Bertz CT molecular complexity index is 477. The van der Waals surface area contributed by atoms with Crippen LogP contribution >= 0.6 is 0 Å². The minimum Gasteiger partial charge on any atom is -0.377 e. The smallest absolute Gasteiger partial charge is 0.158 e. The Balaban J connectivity index is 2.08. The number of hydrogen-bond donors (Lipinski definition) is 2. The molecule has 2 N–H and O–H groups in total. The molecule has 102 valence electrons. The number of ether oxygens (including phenoxy) is 1. The van der Waals surface area contributed by atoms with Gasteiger partial charge in [-0.1, -0.05) is 5.16 Å². The molecule has 2 rings (SSSR count). The average molecular weight is 263 g/mol. The summed E-state index contributed by atoms with van der Waals surface area (Å²) in [5.74, 6) is 2.12. The monoisotopic (exact) mass is 263 g/mol. The average Bonchev–Trinajstić information content (AvgIpc) is 2.90. The molecule has 0 saturated carbocycles. The van der Waals surface area contributed by atoms with Gasteiger partial charge in [0, 0.05) is 25.8 Å². The van der Waals surface area contributed by atoms with Crippen LogP contribution in [0.15, 0.2) is 22.9 Å². The molecule has 19 heavy (non-hydrogen) atoms. The summed E-state index contributed by atoms with van der Waals surface area (Å²) in [5, 5.41) is 10.2. The van der Waals surface area contributed by atoms with E-state index in [0.29, 0.717) is 19.0 Å². The number of aromatic nitrogens is 3. The molecule has 0 fully saturated rings. The van der Waals surface area contributed by atoms with Gasteiger partial charge >= 0.3 is 0 Å². The van der Waals surface area contributed by atoms with Gasteiger partial charge in [-0.2, -0.15) is 0 Å². The van der Waals surface area contributed by atoms with Crippen LogP contribution in [0.25, 0.3) is 0 Å².